The van der Waals surface area contributed by atoms with Crippen LogP contribution in [-0.2, 0) is 0 Å². The zero-order chi connectivity index (χ0) is 12.1. The van der Waals surface area contributed by atoms with Crippen LogP contribution in [0.25, 0.3) is 0 Å². The smallest absolute Gasteiger partial charge is 0.255 e. The summed E-state index contributed by atoms with van der Waals surface area (Å²) in [7, 11) is 1.66. The number of nitrogens with zero attached hydrogens (tertiary/aromatic N) is 2. The maximum Gasteiger partial charge on any atom is 0.255 e. The van der Waals surface area contributed by atoms with Crippen LogP contribution in [0.1, 0.15) is 23.7 Å². The Labute approximate surface area is 94.3 Å². The molecular formula is C11H16FN3O. The lowest BCUT2D eigenvalue weighted by atomic mass is 10.2. The van der Waals surface area contributed by atoms with Crippen LogP contribution < -0.4 is 5.73 Å². The van der Waals surface area contributed by atoms with Crippen LogP contribution >= 0.6 is 0 Å². The molecule has 1 aromatic rings. The summed E-state index contributed by atoms with van der Waals surface area (Å²) < 4.78 is 12.9. The highest BCUT2D eigenvalue weighted by Gasteiger charge is 2.12. The van der Waals surface area contributed by atoms with Gasteiger partial charge in [0.05, 0.1) is 11.8 Å². The van der Waals surface area contributed by atoms with E-state index in [1.165, 1.54) is 17.2 Å². The van der Waals surface area contributed by atoms with Crippen molar-refractivity contribution in [1.82, 2.24) is 9.88 Å². The van der Waals surface area contributed by atoms with E-state index in [9.17, 15) is 9.18 Å². The number of carbonyl (C=O) groups is 1. The van der Waals surface area contributed by atoms with Crippen molar-refractivity contribution in [1.29, 1.82) is 0 Å². The molecule has 1 atom stereocenters. The predicted molar refractivity (Wildman–Crippen MR) is 59.4 cm³/mol. The summed E-state index contributed by atoms with van der Waals surface area (Å²) >= 11 is 0. The molecule has 0 saturated heterocycles. The van der Waals surface area contributed by atoms with Gasteiger partial charge in [-0.15, -0.1) is 0 Å². The molecule has 0 fully saturated rings. The largest absolute Gasteiger partial charge is 0.342 e. The van der Waals surface area contributed by atoms with Crippen molar-refractivity contribution >= 4 is 5.91 Å². The van der Waals surface area contributed by atoms with Crippen LogP contribution in [0.2, 0.25) is 0 Å². The second-order valence-electron chi connectivity index (χ2n) is 3.88. The van der Waals surface area contributed by atoms with Crippen LogP contribution in [0.15, 0.2) is 18.5 Å². The Morgan fingerprint density at radius 2 is 2.31 bits per heavy atom. The second kappa shape index (κ2) is 5.55. The fourth-order valence-corrected chi connectivity index (χ4v) is 1.25. The summed E-state index contributed by atoms with van der Waals surface area (Å²) in [6, 6.07) is 1.22. The van der Waals surface area contributed by atoms with E-state index in [2.05, 4.69) is 4.98 Å². The SMILES string of the molecule is CC(N)CCN(C)C(=O)c1cncc(F)c1. The minimum atomic E-state index is -0.508. The lowest BCUT2D eigenvalue weighted by molar-refractivity contribution is 0.0791. The number of nitrogens with two attached hydrogens (primary N) is 1. The van der Waals surface area contributed by atoms with Crippen LogP contribution in [0.5, 0.6) is 0 Å². The fourth-order valence-electron chi connectivity index (χ4n) is 1.25. The average Bonchev–Trinajstić information content (AvgIpc) is 2.24. The lowest BCUT2D eigenvalue weighted by Gasteiger charge is -2.18. The first-order chi connectivity index (χ1) is 7.50. The van der Waals surface area contributed by atoms with E-state index in [1.807, 2.05) is 6.92 Å². The first kappa shape index (κ1) is 12.6. The Balaban J connectivity index is 2.63. The van der Waals surface area contributed by atoms with E-state index in [4.69, 9.17) is 5.73 Å². The number of pyridine rings is 1. The third-order valence-corrected chi connectivity index (χ3v) is 2.22. The first-order valence-electron chi connectivity index (χ1n) is 5.12. The highest BCUT2D eigenvalue weighted by Crippen LogP contribution is 2.05. The molecule has 0 radical (unpaired) electrons. The molecule has 1 heterocycles. The summed E-state index contributed by atoms with van der Waals surface area (Å²) in [6.45, 7) is 2.43. The Kier molecular flexibility index (Phi) is 4.37. The summed E-state index contributed by atoms with van der Waals surface area (Å²) in [6.07, 6.45) is 3.14. The molecular weight excluding hydrogens is 209 g/mol. The number of hydrogen-bond acceptors (Lipinski definition) is 3. The number of halogens is 1. The normalized spacial score (nSPS) is 12.2. The van der Waals surface area contributed by atoms with Gasteiger partial charge in [0, 0.05) is 25.8 Å². The molecule has 0 aromatic carbocycles. The van der Waals surface area contributed by atoms with Crippen LogP contribution in [0.3, 0.4) is 0 Å². The van der Waals surface area contributed by atoms with Gasteiger partial charge in [-0.3, -0.25) is 9.78 Å². The standard InChI is InChI=1S/C11H16FN3O/c1-8(13)3-4-15(2)11(16)9-5-10(12)7-14-6-9/h5-8H,3-4,13H2,1-2H3. The van der Waals surface area contributed by atoms with E-state index >= 15 is 0 Å². The van der Waals surface area contributed by atoms with Gasteiger partial charge in [-0.05, 0) is 19.4 Å². The van der Waals surface area contributed by atoms with Gasteiger partial charge in [-0.1, -0.05) is 0 Å². The van der Waals surface area contributed by atoms with Crippen LogP contribution in [-0.4, -0.2) is 35.4 Å². The van der Waals surface area contributed by atoms with E-state index in [-0.39, 0.29) is 17.5 Å². The Hall–Kier alpha value is -1.49. The molecule has 5 heteroatoms. The van der Waals surface area contributed by atoms with Gasteiger partial charge in [0.2, 0.25) is 0 Å². The molecule has 0 saturated carbocycles. The van der Waals surface area contributed by atoms with Gasteiger partial charge < -0.3 is 10.6 Å². The Morgan fingerprint density at radius 3 is 2.88 bits per heavy atom. The maximum absolute atomic E-state index is 12.9. The van der Waals surface area contributed by atoms with E-state index < -0.39 is 5.82 Å². The minimum Gasteiger partial charge on any atom is -0.342 e. The van der Waals surface area contributed by atoms with Crippen molar-refractivity contribution < 1.29 is 9.18 Å². The highest BCUT2D eigenvalue weighted by atomic mass is 19.1. The Bertz CT molecular complexity index is 368. The molecule has 0 aliphatic rings. The molecule has 4 nitrogen and oxygen atoms in total. The van der Waals surface area contributed by atoms with E-state index in [1.54, 1.807) is 7.05 Å². The van der Waals surface area contributed by atoms with Gasteiger partial charge in [0.1, 0.15) is 5.82 Å². The van der Waals surface area contributed by atoms with E-state index in [0.29, 0.717) is 13.0 Å². The topological polar surface area (TPSA) is 59.2 Å². The number of hydrogen-bond donors (Lipinski definition) is 1. The lowest BCUT2D eigenvalue weighted by Crippen LogP contribution is -2.31. The molecule has 16 heavy (non-hydrogen) atoms. The third kappa shape index (κ3) is 3.58. The molecule has 0 aliphatic heterocycles. The monoisotopic (exact) mass is 225 g/mol. The fraction of sp³-hybridized carbons (Fsp3) is 0.455. The minimum absolute atomic E-state index is 0.0425. The maximum atomic E-state index is 12.9. The van der Waals surface area contributed by atoms with Gasteiger partial charge >= 0.3 is 0 Å². The van der Waals surface area contributed by atoms with Crippen LogP contribution in [0, 0.1) is 5.82 Å². The van der Waals surface area contributed by atoms with Crippen molar-refractivity contribution in [3.05, 3.63) is 29.8 Å². The highest BCUT2D eigenvalue weighted by molar-refractivity contribution is 5.93. The zero-order valence-electron chi connectivity index (χ0n) is 9.48. The van der Waals surface area contributed by atoms with E-state index in [0.717, 1.165) is 6.20 Å². The summed E-state index contributed by atoms with van der Waals surface area (Å²) in [5, 5.41) is 0. The summed E-state index contributed by atoms with van der Waals surface area (Å²) in [4.78, 5) is 16.9. The molecule has 1 aromatic heterocycles. The zero-order valence-corrected chi connectivity index (χ0v) is 9.48. The number of amides is 1. The average molecular weight is 225 g/mol. The van der Waals surface area contributed by atoms with Gasteiger partial charge in [0.15, 0.2) is 0 Å². The van der Waals surface area contributed by atoms with Crippen molar-refractivity contribution in [2.45, 2.75) is 19.4 Å². The number of aromatic nitrogens is 1. The van der Waals surface area contributed by atoms with Crippen molar-refractivity contribution in [2.24, 2.45) is 5.73 Å². The quantitative estimate of drug-likeness (QED) is 0.832. The molecule has 0 aliphatic carbocycles. The molecule has 2 N–H and O–H groups in total. The number of rotatable bonds is 4. The first-order valence-corrected chi connectivity index (χ1v) is 5.12. The van der Waals surface area contributed by atoms with Crippen LogP contribution in [0.4, 0.5) is 4.39 Å². The summed E-state index contributed by atoms with van der Waals surface area (Å²) in [5.74, 6) is -0.751. The molecule has 1 rings (SSSR count). The molecule has 88 valence electrons. The molecule has 1 amide bonds. The van der Waals surface area contributed by atoms with Gasteiger partial charge in [-0.25, -0.2) is 4.39 Å². The van der Waals surface area contributed by atoms with Gasteiger partial charge in [-0.2, -0.15) is 0 Å². The van der Waals surface area contributed by atoms with Gasteiger partial charge in [0.25, 0.3) is 5.91 Å². The second-order valence-corrected chi connectivity index (χ2v) is 3.88. The Morgan fingerprint density at radius 1 is 1.62 bits per heavy atom. The molecule has 0 spiro atoms. The molecule has 1 unspecified atom stereocenters. The molecule has 0 bridgehead atoms. The number of carbonyl (C=O) groups excluding carboxylic acids is 1. The summed E-state index contributed by atoms with van der Waals surface area (Å²) in [5.41, 5.74) is 5.85. The van der Waals surface area contributed by atoms with Crippen molar-refractivity contribution in [3.63, 3.8) is 0 Å². The van der Waals surface area contributed by atoms with Crippen molar-refractivity contribution in [3.8, 4) is 0 Å². The predicted octanol–water partition coefficient (Wildman–Crippen LogP) is 1.03. The van der Waals surface area contributed by atoms with Crippen molar-refractivity contribution in [2.75, 3.05) is 13.6 Å². The third-order valence-electron chi connectivity index (χ3n) is 2.22.